The van der Waals surface area contributed by atoms with Crippen molar-refractivity contribution < 1.29 is 0 Å². The second-order valence-electron chi connectivity index (χ2n) is 6.34. The van der Waals surface area contributed by atoms with Gasteiger partial charge in [-0.3, -0.25) is 5.01 Å². The zero-order valence-electron chi connectivity index (χ0n) is 12.9. The van der Waals surface area contributed by atoms with Gasteiger partial charge >= 0.3 is 0 Å². The molecule has 2 atom stereocenters. The molecule has 0 amide bonds. The summed E-state index contributed by atoms with van der Waals surface area (Å²) in [6, 6.07) is 21.9. The van der Waals surface area contributed by atoms with Crippen LogP contribution in [0.2, 0.25) is 0 Å². The van der Waals surface area contributed by atoms with Crippen LogP contribution in [0.4, 0.5) is 5.69 Å². The normalized spacial score (nSPS) is 24.5. The Morgan fingerprint density at radius 3 is 2.23 bits per heavy atom. The van der Waals surface area contributed by atoms with Crippen molar-refractivity contribution in [3.63, 3.8) is 0 Å². The van der Waals surface area contributed by atoms with E-state index in [0.29, 0.717) is 12.0 Å². The van der Waals surface area contributed by atoms with Crippen molar-refractivity contribution in [3.05, 3.63) is 66.2 Å². The minimum atomic E-state index is 0.528. The highest BCUT2D eigenvalue weighted by Gasteiger charge is 2.38. The molecule has 2 unspecified atom stereocenters. The fourth-order valence-electron chi connectivity index (χ4n) is 3.87. The Bertz CT molecular complexity index is 648. The maximum absolute atomic E-state index is 5.06. The van der Waals surface area contributed by atoms with Gasteiger partial charge in [0.05, 0.1) is 17.4 Å². The van der Waals surface area contributed by atoms with E-state index >= 15 is 0 Å². The lowest BCUT2D eigenvalue weighted by Crippen LogP contribution is -2.32. The van der Waals surface area contributed by atoms with E-state index in [2.05, 4.69) is 65.7 Å². The molecule has 0 radical (unpaired) electrons. The van der Waals surface area contributed by atoms with Crippen molar-refractivity contribution in [1.29, 1.82) is 0 Å². The fourth-order valence-corrected chi connectivity index (χ4v) is 3.87. The van der Waals surface area contributed by atoms with Crippen molar-refractivity contribution in [2.45, 2.75) is 38.1 Å². The first-order chi connectivity index (χ1) is 10.9. The Hall–Kier alpha value is -2.09. The van der Waals surface area contributed by atoms with Crippen LogP contribution >= 0.6 is 0 Å². The van der Waals surface area contributed by atoms with Gasteiger partial charge in [-0.25, -0.2) is 0 Å². The SMILES string of the molecule is c1ccc(C2=NN(c3ccccc3)C3CCCCCC23)cc1. The molecule has 1 aliphatic carbocycles. The van der Waals surface area contributed by atoms with Crippen LogP contribution in [-0.4, -0.2) is 11.8 Å². The van der Waals surface area contributed by atoms with Crippen LogP contribution < -0.4 is 5.01 Å². The van der Waals surface area contributed by atoms with E-state index in [0.717, 1.165) is 0 Å². The first-order valence-electron chi connectivity index (χ1n) is 8.42. The zero-order valence-corrected chi connectivity index (χ0v) is 12.9. The third-order valence-electron chi connectivity index (χ3n) is 4.95. The van der Waals surface area contributed by atoms with E-state index in [-0.39, 0.29) is 0 Å². The third-order valence-corrected chi connectivity index (χ3v) is 4.95. The summed E-state index contributed by atoms with van der Waals surface area (Å²) in [6.45, 7) is 0. The summed E-state index contributed by atoms with van der Waals surface area (Å²) < 4.78 is 0. The first-order valence-corrected chi connectivity index (χ1v) is 8.42. The fraction of sp³-hybridized carbons (Fsp3) is 0.350. The van der Waals surface area contributed by atoms with Gasteiger partial charge in [0.25, 0.3) is 0 Å². The first kappa shape index (κ1) is 13.6. The molecular weight excluding hydrogens is 268 g/mol. The standard InChI is InChI=1S/C20H22N2/c1-4-10-16(11-5-1)20-18-14-8-3-9-15-19(18)22(21-20)17-12-6-2-7-13-17/h1-2,4-7,10-13,18-19H,3,8-9,14-15H2. The van der Waals surface area contributed by atoms with E-state index < -0.39 is 0 Å². The Labute approximate surface area is 132 Å². The van der Waals surface area contributed by atoms with Gasteiger partial charge in [0.15, 0.2) is 0 Å². The smallest absolute Gasteiger partial charge is 0.0734 e. The summed E-state index contributed by atoms with van der Waals surface area (Å²) in [6.07, 6.45) is 6.52. The Morgan fingerprint density at radius 1 is 0.773 bits per heavy atom. The van der Waals surface area contributed by atoms with Crippen LogP contribution in [0.25, 0.3) is 0 Å². The number of fused-ring (bicyclic) bond motifs is 1. The van der Waals surface area contributed by atoms with Gasteiger partial charge in [-0.2, -0.15) is 5.10 Å². The van der Waals surface area contributed by atoms with E-state index in [1.54, 1.807) is 0 Å². The van der Waals surface area contributed by atoms with Crippen LogP contribution in [0.5, 0.6) is 0 Å². The van der Waals surface area contributed by atoms with Gasteiger partial charge in [-0.05, 0) is 30.5 Å². The molecule has 1 fully saturated rings. The van der Waals surface area contributed by atoms with E-state index in [4.69, 9.17) is 5.10 Å². The number of hydrazone groups is 1. The zero-order chi connectivity index (χ0) is 14.8. The molecular formula is C20H22N2. The molecule has 2 heteroatoms. The number of hydrogen-bond donors (Lipinski definition) is 0. The largest absolute Gasteiger partial charge is 0.262 e. The molecule has 0 spiro atoms. The lowest BCUT2D eigenvalue weighted by atomic mass is 9.87. The Balaban J connectivity index is 1.76. The molecule has 0 saturated heterocycles. The van der Waals surface area contributed by atoms with E-state index in [1.807, 2.05) is 0 Å². The molecule has 2 aliphatic rings. The Morgan fingerprint density at radius 2 is 1.45 bits per heavy atom. The quantitative estimate of drug-likeness (QED) is 0.771. The van der Waals surface area contributed by atoms with Crippen molar-refractivity contribution in [3.8, 4) is 0 Å². The third kappa shape index (κ3) is 2.43. The van der Waals surface area contributed by atoms with Crippen molar-refractivity contribution in [2.24, 2.45) is 11.0 Å². The van der Waals surface area contributed by atoms with Crippen LogP contribution in [0.1, 0.15) is 37.7 Å². The van der Waals surface area contributed by atoms with Crippen LogP contribution in [0, 0.1) is 5.92 Å². The highest BCUT2D eigenvalue weighted by molar-refractivity contribution is 6.05. The summed E-state index contributed by atoms with van der Waals surface area (Å²) in [5.74, 6) is 0.574. The van der Waals surface area contributed by atoms with Crippen LogP contribution in [-0.2, 0) is 0 Å². The van der Waals surface area contributed by atoms with Gasteiger partial charge in [0, 0.05) is 5.92 Å². The van der Waals surface area contributed by atoms with Crippen molar-refractivity contribution >= 4 is 11.4 Å². The van der Waals surface area contributed by atoms with Gasteiger partial charge in [-0.1, -0.05) is 67.8 Å². The highest BCUT2D eigenvalue weighted by atomic mass is 15.5. The monoisotopic (exact) mass is 290 g/mol. The number of para-hydroxylation sites is 1. The predicted octanol–water partition coefficient (Wildman–Crippen LogP) is 4.86. The molecule has 0 aromatic heterocycles. The summed E-state index contributed by atoms with van der Waals surface area (Å²) in [5, 5.41) is 7.35. The molecule has 1 heterocycles. The number of anilines is 1. The number of hydrogen-bond acceptors (Lipinski definition) is 2. The molecule has 112 valence electrons. The molecule has 4 rings (SSSR count). The number of nitrogens with zero attached hydrogens (tertiary/aromatic N) is 2. The lowest BCUT2D eigenvalue weighted by Gasteiger charge is -2.26. The minimum absolute atomic E-state index is 0.528. The summed E-state index contributed by atoms with van der Waals surface area (Å²) in [7, 11) is 0. The molecule has 22 heavy (non-hydrogen) atoms. The molecule has 2 aromatic rings. The number of benzene rings is 2. The van der Waals surface area contributed by atoms with Crippen molar-refractivity contribution in [2.75, 3.05) is 5.01 Å². The van der Waals surface area contributed by atoms with E-state index in [9.17, 15) is 0 Å². The molecule has 1 aliphatic heterocycles. The Kier molecular flexibility index (Phi) is 3.67. The molecule has 0 N–H and O–H groups in total. The van der Waals surface area contributed by atoms with Gasteiger partial charge in [0.1, 0.15) is 0 Å². The molecule has 2 aromatic carbocycles. The average Bonchev–Trinajstić information content (AvgIpc) is 2.78. The predicted molar refractivity (Wildman–Crippen MR) is 92.3 cm³/mol. The summed E-state index contributed by atoms with van der Waals surface area (Å²) in [5.41, 5.74) is 3.81. The summed E-state index contributed by atoms with van der Waals surface area (Å²) >= 11 is 0. The van der Waals surface area contributed by atoms with Crippen molar-refractivity contribution in [1.82, 2.24) is 0 Å². The molecule has 1 saturated carbocycles. The van der Waals surface area contributed by atoms with Crippen LogP contribution in [0.15, 0.2) is 65.8 Å². The molecule has 2 nitrogen and oxygen atoms in total. The topological polar surface area (TPSA) is 15.6 Å². The maximum Gasteiger partial charge on any atom is 0.0734 e. The minimum Gasteiger partial charge on any atom is -0.262 e. The van der Waals surface area contributed by atoms with Gasteiger partial charge < -0.3 is 0 Å². The lowest BCUT2D eigenvalue weighted by molar-refractivity contribution is 0.501. The van der Waals surface area contributed by atoms with E-state index in [1.165, 1.54) is 49.1 Å². The van der Waals surface area contributed by atoms with Gasteiger partial charge in [0.2, 0.25) is 0 Å². The second kappa shape index (κ2) is 5.96. The average molecular weight is 290 g/mol. The van der Waals surface area contributed by atoms with Gasteiger partial charge in [-0.15, -0.1) is 0 Å². The second-order valence-corrected chi connectivity index (χ2v) is 6.34. The maximum atomic E-state index is 5.06. The molecule has 0 bridgehead atoms. The summed E-state index contributed by atoms with van der Waals surface area (Å²) in [4.78, 5) is 0. The number of rotatable bonds is 2. The highest BCUT2D eigenvalue weighted by Crippen LogP contribution is 2.38. The van der Waals surface area contributed by atoms with Crippen LogP contribution in [0.3, 0.4) is 0 Å².